The Kier molecular flexibility index (Phi) is 5.74. The molecular formula is C19H29N3O2. The minimum absolute atomic E-state index is 0.0368. The number of urea groups is 1. The molecule has 0 aromatic heterocycles. The molecule has 2 atom stereocenters. The summed E-state index contributed by atoms with van der Waals surface area (Å²) in [5.74, 6) is 0. The first-order valence-corrected chi connectivity index (χ1v) is 9.17. The number of piperidine rings is 1. The highest BCUT2D eigenvalue weighted by Gasteiger charge is 2.30. The van der Waals surface area contributed by atoms with Gasteiger partial charge in [-0.25, -0.2) is 4.79 Å². The highest BCUT2D eigenvalue weighted by Crippen LogP contribution is 2.29. The van der Waals surface area contributed by atoms with Gasteiger partial charge in [0, 0.05) is 19.1 Å². The van der Waals surface area contributed by atoms with Crippen molar-refractivity contribution in [3.8, 4) is 0 Å². The van der Waals surface area contributed by atoms with Crippen LogP contribution in [0.5, 0.6) is 0 Å². The van der Waals surface area contributed by atoms with E-state index in [0.29, 0.717) is 6.54 Å². The number of carbonyl (C=O) groups is 1. The third-order valence-corrected chi connectivity index (χ3v) is 5.20. The third-order valence-electron chi connectivity index (χ3n) is 5.20. The molecular weight excluding hydrogens is 302 g/mol. The highest BCUT2D eigenvalue weighted by atomic mass is 16.3. The van der Waals surface area contributed by atoms with Gasteiger partial charge in [-0.3, -0.25) is 0 Å². The molecule has 0 aliphatic carbocycles. The van der Waals surface area contributed by atoms with Crippen molar-refractivity contribution in [2.75, 3.05) is 32.8 Å². The van der Waals surface area contributed by atoms with Crippen LogP contribution in [0.2, 0.25) is 0 Å². The predicted octanol–water partition coefficient (Wildman–Crippen LogP) is 2.16. The van der Waals surface area contributed by atoms with Gasteiger partial charge in [0.2, 0.25) is 0 Å². The molecule has 2 aliphatic heterocycles. The van der Waals surface area contributed by atoms with Crippen LogP contribution in [0.25, 0.3) is 0 Å². The molecule has 2 N–H and O–H groups in total. The number of hydrogen-bond donors (Lipinski definition) is 2. The normalized spacial score (nSPS) is 22.8. The molecule has 2 unspecified atom stereocenters. The summed E-state index contributed by atoms with van der Waals surface area (Å²) in [7, 11) is 0. The summed E-state index contributed by atoms with van der Waals surface area (Å²) in [5, 5.41) is 12.9. The summed E-state index contributed by atoms with van der Waals surface area (Å²) in [6.07, 6.45) is 4.69. The molecule has 24 heavy (non-hydrogen) atoms. The first-order chi connectivity index (χ1) is 11.7. The average Bonchev–Trinajstić information content (AvgIpc) is 2.61. The summed E-state index contributed by atoms with van der Waals surface area (Å²) in [5.41, 5.74) is 2.31. The van der Waals surface area contributed by atoms with E-state index in [1.807, 2.05) is 18.2 Å². The fourth-order valence-electron chi connectivity index (χ4n) is 3.96. The van der Waals surface area contributed by atoms with Crippen molar-refractivity contribution in [1.29, 1.82) is 0 Å². The second-order valence-corrected chi connectivity index (χ2v) is 7.05. The lowest BCUT2D eigenvalue weighted by atomic mass is 9.93. The standard InChI is InChI=1S/C19H29N3O2/c1-15(13-21-10-5-2-6-11-21)20-19(24)22-12-9-16-7-3-4-8-17(16)18(22)14-23/h3-4,7-8,15,18,23H,2,5-6,9-14H2,1H3,(H,20,24). The molecule has 2 amide bonds. The number of aliphatic hydroxyl groups is 1. The van der Waals surface area contributed by atoms with E-state index in [2.05, 4.69) is 23.2 Å². The number of fused-ring (bicyclic) bond motifs is 1. The summed E-state index contributed by atoms with van der Waals surface area (Å²) < 4.78 is 0. The fraction of sp³-hybridized carbons (Fsp3) is 0.632. The zero-order valence-corrected chi connectivity index (χ0v) is 14.6. The van der Waals surface area contributed by atoms with Gasteiger partial charge in [-0.1, -0.05) is 30.7 Å². The lowest BCUT2D eigenvalue weighted by Crippen LogP contribution is -2.51. The Labute approximate surface area is 144 Å². The Morgan fingerprint density at radius 1 is 1.25 bits per heavy atom. The Morgan fingerprint density at radius 3 is 2.75 bits per heavy atom. The second kappa shape index (κ2) is 7.99. The monoisotopic (exact) mass is 331 g/mol. The molecule has 0 radical (unpaired) electrons. The van der Waals surface area contributed by atoms with Gasteiger partial charge in [0.1, 0.15) is 0 Å². The van der Waals surface area contributed by atoms with Crippen molar-refractivity contribution < 1.29 is 9.90 Å². The number of carbonyl (C=O) groups excluding carboxylic acids is 1. The molecule has 5 heteroatoms. The van der Waals surface area contributed by atoms with Crippen LogP contribution in [0.15, 0.2) is 24.3 Å². The Bertz CT molecular complexity index is 557. The van der Waals surface area contributed by atoms with Gasteiger partial charge < -0.3 is 20.2 Å². The third kappa shape index (κ3) is 3.90. The van der Waals surface area contributed by atoms with Gasteiger partial charge in [-0.15, -0.1) is 0 Å². The maximum Gasteiger partial charge on any atom is 0.318 e. The minimum atomic E-state index is -0.239. The van der Waals surface area contributed by atoms with Crippen molar-refractivity contribution in [3.05, 3.63) is 35.4 Å². The number of rotatable bonds is 4. The quantitative estimate of drug-likeness (QED) is 0.889. The van der Waals surface area contributed by atoms with Gasteiger partial charge in [0.25, 0.3) is 0 Å². The van der Waals surface area contributed by atoms with Crippen molar-refractivity contribution in [3.63, 3.8) is 0 Å². The maximum atomic E-state index is 12.7. The van der Waals surface area contributed by atoms with Crippen LogP contribution < -0.4 is 5.32 Å². The molecule has 2 aliphatic rings. The van der Waals surface area contributed by atoms with Gasteiger partial charge in [0.05, 0.1) is 12.6 Å². The molecule has 0 spiro atoms. The van der Waals surface area contributed by atoms with Crippen molar-refractivity contribution in [2.45, 2.75) is 44.7 Å². The minimum Gasteiger partial charge on any atom is -0.394 e. The van der Waals surface area contributed by atoms with E-state index in [9.17, 15) is 9.90 Å². The number of nitrogens with zero attached hydrogens (tertiary/aromatic N) is 2. The van der Waals surface area contributed by atoms with E-state index in [0.717, 1.165) is 31.6 Å². The van der Waals surface area contributed by atoms with Crippen molar-refractivity contribution in [2.24, 2.45) is 0 Å². The predicted molar refractivity (Wildman–Crippen MR) is 95.0 cm³/mol. The molecule has 0 saturated carbocycles. The molecule has 5 nitrogen and oxygen atoms in total. The van der Waals surface area contributed by atoms with Crippen LogP contribution in [0.1, 0.15) is 43.4 Å². The van der Waals surface area contributed by atoms with Crippen LogP contribution in [-0.2, 0) is 6.42 Å². The summed E-state index contributed by atoms with van der Waals surface area (Å²) in [6.45, 7) is 5.86. The number of nitrogens with one attached hydrogen (secondary N) is 1. The summed E-state index contributed by atoms with van der Waals surface area (Å²) in [6, 6.07) is 7.92. The molecule has 1 aromatic carbocycles. The smallest absolute Gasteiger partial charge is 0.318 e. The van der Waals surface area contributed by atoms with E-state index in [1.54, 1.807) is 4.90 Å². The molecule has 3 rings (SSSR count). The Hall–Kier alpha value is -1.59. The first-order valence-electron chi connectivity index (χ1n) is 9.17. The Morgan fingerprint density at radius 2 is 2.00 bits per heavy atom. The molecule has 1 fully saturated rings. The van der Waals surface area contributed by atoms with Crippen molar-refractivity contribution in [1.82, 2.24) is 15.1 Å². The van der Waals surface area contributed by atoms with Crippen LogP contribution in [0, 0.1) is 0 Å². The van der Waals surface area contributed by atoms with E-state index in [-0.39, 0.29) is 24.7 Å². The lowest BCUT2D eigenvalue weighted by molar-refractivity contribution is 0.122. The lowest BCUT2D eigenvalue weighted by Gasteiger charge is -2.37. The van der Waals surface area contributed by atoms with E-state index in [1.165, 1.54) is 24.8 Å². The van der Waals surface area contributed by atoms with Crippen LogP contribution >= 0.6 is 0 Å². The molecule has 0 bridgehead atoms. The molecule has 1 aromatic rings. The van der Waals surface area contributed by atoms with Crippen LogP contribution in [0.4, 0.5) is 4.79 Å². The number of aliphatic hydroxyl groups excluding tert-OH is 1. The number of amides is 2. The van der Waals surface area contributed by atoms with Gasteiger partial charge >= 0.3 is 6.03 Å². The number of likely N-dealkylation sites (tertiary alicyclic amines) is 1. The first kappa shape index (κ1) is 17.2. The molecule has 1 saturated heterocycles. The fourth-order valence-corrected chi connectivity index (χ4v) is 3.96. The molecule has 2 heterocycles. The average molecular weight is 331 g/mol. The van der Waals surface area contributed by atoms with E-state index in [4.69, 9.17) is 0 Å². The van der Waals surface area contributed by atoms with Gasteiger partial charge in [-0.05, 0) is 50.4 Å². The van der Waals surface area contributed by atoms with Crippen LogP contribution in [-0.4, -0.2) is 59.8 Å². The topological polar surface area (TPSA) is 55.8 Å². The largest absolute Gasteiger partial charge is 0.394 e. The SMILES string of the molecule is CC(CN1CCCCC1)NC(=O)N1CCc2ccccc2C1CO. The maximum absolute atomic E-state index is 12.7. The van der Waals surface area contributed by atoms with E-state index >= 15 is 0 Å². The van der Waals surface area contributed by atoms with Gasteiger partial charge in [0.15, 0.2) is 0 Å². The zero-order valence-electron chi connectivity index (χ0n) is 14.6. The second-order valence-electron chi connectivity index (χ2n) is 7.05. The zero-order chi connectivity index (χ0) is 16.9. The van der Waals surface area contributed by atoms with E-state index < -0.39 is 0 Å². The van der Waals surface area contributed by atoms with Gasteiger partial charge in [-0.2, -0.15) is 0 Å². The number of benzene rings is 1. The Balaban J connectivity index is 1.60. The van der Waals surface area contributed by atoms with Crippen molar-refractivity contribution >= 4 is 6.03 Å². The van der Waals surface area contributed by atoms with Crippen LogP contribution in [0.3, 0.4) is 0 Å². The number of hydrogen-bond acceptors (Lipinski definition) is 3. The summed E-state index contributed by atoms with van der Waals surface area (Å²) in [4.78, 5) is 16.9. The summed E-state index contributed by atoms with van der Waals surface area (Å²) >= 11 is 0. The highest BCUT2D eigenvalue weighted by molar-refractivity contribution is 5.75. The molecule has 132 valence electrons.